The zero-order valence-electron chi connectivity index (χ0n) is 11.3. The Balaban J connectivity index is 2.01. The minimum Gasteiger partial charge on any atom is -0.271 e. The van der Waals surface area contributed by atoms with E-state index in [-0.39, 0.29) is 13.1 Å². The summed E-state index contributed by atoms with van der Waals surface area (Å²) >= 11 is 0. The smallest absolute Gasteiger partial charge is 0.271 e. The molecule has 1 heterocycles. The molecule has 2 rings (SSSR count). The maximum Gasteiger partial charge on any atom is 0.435 e. The summed E-state index contributed by atoms with van der Waals surface area (Å²) < 4.78 is 89.7. The van der Waals surface area contributed by atoms with E-state index < -0.39 is 38.4 Å². The third-order valence-corrected chi connectivity index (χ3v) is 4.15. The molecule has 5 nitrogen and oxygen atoms in total. The number of sulfonamides is 1. The van der Waals surface area contributed by atoms with Crippen LogP contribution in [0.3, 0.4) is 0 Å². The van der Waals surface area contributed by atoms with Gasteiger partial charge in [0.1, 0.15) is 11.6 Å². The van der Waals surface area contributed by atoms with Gasteiger partial charge in [-0.1, -0.05) is 0 Å². The third kappa shape index (κ3) is 4.48. The van der Waals surface area contributed by atoms with Crippen LogP contribution in [0.4, 0.5) is 22.0 Å². The first-order chi connectivity index (χ1) is 10.6. The highest BCUT2D eigenvalue weighted by Crippen LogP contribution is 2.27. The number of hydrogen-bond donors (Lipinski definition) is 1. The molecule has 126 valence electrons. The maximum atomic E-state index is 13.0. The Kier molecular flexibility index (Phi) is 4.71. The maximum absolute atomic E-state index is 13.0. The van der Waals surface area contributed by atoms with Crippen molar-refractivity contribution in [3.63, 3.8) is 0 Å². The first kappa shape index (κ1) is 17.3. The summed E-state index contributed by atoms with van der Waals surface area (Å²) in [6.45, 7) is -0.494. The van der Waals surface area contributed by atoms with Crippen molar-refractivity contribution in [3.8, 4) is 0 Å². The molecule has 2 aromatic rings. The topological polar surface area (TPSA) is 64.0 Å². The van der Waals surface area contributed by atoms with Gasteiger partial charge in [0, 0.05) is 18.8 Å². The summed E-state index contributed by atoms with van der Waals surface area (Å²) in [5, 5.41) is 3.24. The van der Waals surface area contributed by atoms with E-state index in [2.05, 4.69) is 5.10 Å². The zero-order chi connectivity index (χ0) is 17.3. The minimum absolute atomic E-state index is 0.187. The third-order valence-electron chi connectivity index (χ3n) is 2.71. The first-order valence-corrected chi connectivity index (χ1v) is 7.63. The van der Waals surface area contributed by atoms with Crippen LogP contribution in [0.2, 0.25) is 0 Å². The molecule has 11 heteroatoms. The molecule has 1 aromatic heterocycles. The molecule has 0 radical (unpaired) electrons. The van der Waals surface area contributed by atoms with Gasteiger partial charge in [-0.25, -0.2) is 21.9 Å². The largest absolute Gasteiger partial charge is 0.435 e. The number of rotatable bonds is 5. The number of alkyl halides is 3. The summed E-state index contributed by atoms with van der Waals surface area (Å²) in [4.78, 5) is -0.619. The van der Waals surface area contributed by atoms with Gasteiger partial charge in [0.2, 0.25) is 10.0 Å². The van der Waals surface area contributed by atoms with E-state index in [0.29, 0.717) is 18.2 Å². The second-order valence-corrected chi connectivity index (χ2v) is 6.23. The Bertz CT molecular complexity index is 781. The molecule has 0 bridgehead atoms. The molecule has 0 aliphatic heterocycles. The molecular weight excluding hydrogens is 345 g/mol. The van der Waals surface area contributed by atoms with E-state index in [4.69, 9.17) is 0 Å². The number of benzene rings is 1. The Morgan fingerprint density at radius 1 is 1.13 bits per heavy atom. The standard InChI is InChI=1S/C12H10F5N3O2S/c13-8-5-9(14)7-10(6-8)23(21,22)18-2-4-20-3-1-11(19-20)12(15,16)17/h1,3,5-7,18H,2,4H2. The van der Waals surface area contributed by atoms with Gasteiger partial charge in [-0.3, -0.25) is 4.68 Å². The van der Waals surface area contributed by atoms with Gasteiger partial charge >= 0.3 is 6.18 Å². The molecule has 0 saturated heterocycles. The van der Waals surface area contributed by atoms with Gasteiger partial charge in [-0.05, 0) is 18.2 Å². The van der Waals surface area contributed by atoms with Crippen LogP contribution in [-0.2, 0) is 22.7 Å². The quantitative estimate of drug-likeness (QED) is 0.836. The van der Waals surface area contributed by atoms with Gasteiger partial charge in [0.05, 0.1) is 11.4 Å². The van der Waals surface area contributed by atoms with Crippen LogP contribution in [-0.4, -0.2) is 24.7 Å². The van der Waals surface area contributed by atoms with Crippen LogP contribution in [0.25, 0.3) is 0 Å². The van der Waals surface area contributed by atoms with E-state index >= 15 is 0 Å². The number of halogens is 5. The second-order valence-electron chi connectivity index (χ2n) is 4.46. The van der Waals surface area contributed by atoms with Gasteiger partial charge in [-0.15, -0.1) is 0 Å². The van der Waals surface area contributed by atoms with E-state index in [0.717, 1.165) is 16.9 Å². The summed E-state index contributed by atoms with van der Waals surface area (Å²) in [6.07, 6.45) is -3.55. The highest BCUT2D eigenvalue weighted by Gasteiger charge is 2.33. The van der Waals surface area contributed by atoms with Gasteiger partial charge < -0.3 is 0 Å². The summed E-state index contributed by atoms with van der Waals surface area (Å²) in [5.74, 6) is -2.13. The molecular formula is C12H10F5N3O2S. The molecule has 0 fully saturated rings. The molecule has 0 aliphatic rings. The van der Waals surface area contributed by atoms with Crippen molar-refractivity contribution in [2.45, 2.75) is 17.6 Å². The molecule has 0 saturated carbocycles. The monoisotopic (exact) mass is 355 g/mol. The van der Waals surface area contributed by atoms with Gasteiger partial charge in [-0.2, -0.15) is 18.3 Å². The minimum atomic E-state index is -4.59. The molecule has 0 atom stereocenters. The molecule has 0 aliphatic carbocycles. The van der Waals surface area contributed by atoms with Crippen molar-refractivity contribution >= 4 is 10.0 Å². The highest BCUT2D eigenvalue weighted by atomic mass is 32.2. The lowest BCUT2D eigenvalue weighted by molar-refractivity contribution is -0.141. The molecule has 0 amide bonds. The van der Waals surface area contributed by atoms with Crippen LogP contribution >= 0.6 is 0 Å². The van der Waals surface area contributed by atoms with Crippen molar-refractivity contribution in [3.05, 3.63) is 47.8 Å². The predicted octanol–water partition coefficient (Wildman–Crippen LogP) is 2.16. The van der Waals surface area contributed by atoms with Crippen LogP contribution < -0.4 is 4.72 Å². The summed E-state index contributed by atoms with van der Waals surface area (Å²) in [7, 11) is -4.19. The van der Waals surface area contributed by atoms with Crippen molar-refractivity contribution < 1.29 is 30.4 Å². The fourth-order valence-corrected chi connectivity index (χ4v) is 2.76. The van der Waals surface area contributed by atoms with E-state index in [1.807, 2.05) is 4.72 Å². The SMILES string of the molecule is O=S(=O)(NCCn1ccc(C(F)(F)F)n1)c1cc(F)cc(F)c1. The number of nitrogens with one attached hydrogen (secondary N) is 1. The van der Waals surface area contributed by atoms with Gasteiger partial charge in [0.15, 0.2) is 5.69 Å². The molecule has 1 aromatic carbocycles. The van der Waals surface area contributed by atoms with E-state index in [9.17, 15) is 30.4 Å². The summed E-state index contributed by atoms with van der Waals surface area (Å²) in [5.41, 5.74) is -1.10. The lowest BCUT2D eigenvalue weighted by Crippen LogP contribution is -2.28. The molecule has 1 N–H and O–H groups in total. The molecule has 0 unspecified atom stereocenters. The predicted molar refractivity (Wildman–Crippen MR) is 68.8 cm³/mol. The highest BCUT2D eigenvalue weighted by molar-refractivity contribution is 7.89. The Morgan fingerprint density at radius 2 is 1.74 bits per heavy atom. The normalized spacial score (nSPS) is 12.6. The van der Waals surface area contributed by atoms with E-state index in [1.165, 1.54) is 0 Å². The first-order valence-electron chi connectivity index (χ1n) is 6.14. The molecule has 0 spiro atoms. The Hall–Kier alpha value is -2.01. The van der Waals surface area contributed by atoms with Crippen molar-refractivity contribution in [1.29, 1.82) is 0 Å². The number of aromatic nitrogens is 2. The van der Waals surface area contributed by atoms with Crippen LogP contribution in [0.5, 0.6) is 0 Å². The fourth-order valence-electron chi connectivity index (χ4n) is 1.70. The fraction of sp³-hybridized carbons (Fsp3) is 0.250. The average molecular weight is 355 g/mol. The number of nitrogens with zero attached hydrogens (tertiary/aromatic N) is 2. The van der Waals surface area contributed by atoms with Crippen molar-refractivity contribution in [1.82, 2.24) is 14.5 Å². The molecule has 23 heavy (non-hydrogen) atoms. The van der Waals surface area contributed by atoms with Crippen LogP contribution in [0, 0.1) is 11.6 Å². The van der Waals surface area contributed by atoms with Crippen molar-refractivity contribution in [2.75, 3.05) is 6.54 Å². The summed E-state index contributed by atoms with van der Waals surface area (Å²) in [6, 6.07) is 2.51. The Morgan fingerprint density at radius 3 is 2.26 bits per heavy atom. The lowest BCUT2D eigenvalue weighted by Gasteiger charge is -2.07. The zero-order valence-corrected chi connectivity index (χ0v) is 12.1. The van der Waals surface area contributed by atoms with E-state index in [1.54, 1.807) is 0 Å². The van der Waals surface area contributed by atoms with Crippen LogP contribution in [0.1, 0.15) is 5.69 Å². The Labute approximate surface area is 127 Å². The van der Waals surface area contributed by atoms with Crippen molar-refractivity contribution in [2.24, 2.45) is 0 Å². The van der Waals surface area contributed by atoms with Gasteiger partial charge in [0.25, 0.3) is 0 Å². The lowest BCUT2D eigenvalue weighted by atomic mass is 10.3. The second kappa shape index (κ2) is 6.24. The van der Waals surface area contributed by atoms with Crippen LogP contribution in [0.15, 0.2) is 35.4 Å². The average Bonchev–Trinajstić information content (AvgIpc) is 2.86. The number of hydrogen-bond acceptors (Lipinski definition) is 3.